The lowest BCUT2D eigenvalue weighted by Gasteiger charge is -2.16. The summed E-state index contributed by atoms with van der Waals surface area (Å²) in [5, 5.41) is 3.49. The Morgan fingerprint density at radius 2 is 1.80 bits per heavy atom. The average Bonchev–Trinajstić information content (AvgIpc) is 2.67. The number of amidine groups is 1. The maximum atomic E-state index is 3.49. The Labute approximate surface area is 91.6 Å². The summed E-state index contributed by atoms with van der Waals surface area (Å²) < 4.78 is 2.38. The molecule has 0 saturated heterocycles. The quantitative estimate of drug-likeness (QED) is 0.693. The molecule has 1 aromatic carbocycles. The van der Waals surface area contributed by atoms with Gasteiger partial charge in [0.15, 0.2) is 0 Å². The van der Waals surface area contributed by atoms with Gasteiger partial charge in [-0.3, -0.25) is 5.32 Å². The van der Waals surface area contributed by atoms with E-state index in [0.717, 1.165) is 13.1 Å². The summed E-state index contributed by atoms with van der Waals surface area (Å²) in [7, 11) is 0. The Morgan fingerprint density at radius 3 is 2.40 bits per heavy atom. The average molecular weight is 203 g/mol. The zero-order valence-electron chi connectivity index (χ0n) is 9.75. The van der Waals surface area contributed by atoms with E-state index < -0.39 is 0 Å². The van der Waals surface area contributed by atoms with Gasteiger partial charge in [-0.2, -0.15) is 0 Å². The van der Waals surface area contributed by atoms with Gasteiger partial charge in [-0.05, 0) is 32.9 Å². The molecule has 0 atom stereocenters. The lowest BCUT2D eigenvalue weighted by molar-refractivity contribution is -0.432. The minimum atomic E-state index is 0.187. The monoisotopic (exact) mass is 203 g/mol. The molecular weight excluding hydrogens is 184 g/mol. The number of hydrogen-bond acceptors (Lipinski definition) is 1. The second-order valence-electron chi connectivity index (χ2n) is 5.01. The molecule has 0 radical (unpaired) electrons. The predicted molar refractivity (Wildman–Crippen MR) is 63.7 cm³/mol. The summed E-state index contributed by atoms with van der Waals surface area (Å²) in [5.74, 6) is 1.33. The Hall–Kier alpha value is -1.31. The van der Waals surface area contributed by atoms with Gasteiger partial charge in [0, 0.05) is 0 Å². The minimum Gasteiger partial charge on any atom is -0.274 e. The maximum absolute atomic E-state index is 3.49. The van der Waals surface area contributed by atoms with E-state index in [1.165, 1.54) is 11.5 Å². The van der Waals surface area contributed by atoms with Crippen molar-refractivity contribution in [2.24, 2.45) is 5.41 Å². The summed E-state index contributed by atoms with van der Waals surface area (Å²) in [5.41, 5.74) is 1.47. The molecule has 0 unspecified atom stereocenters. The largest absolute Gasteiger partial charge is 0.274 e. The lowest BCUT2D eigenvalue weighted by Crippen LogP contribution is -2.34. The van der Waals surface area contributed by atoms with Crippen molar-refractivity contribution in [3.63, 3.8) is 0 Å². The van der Waals surface area contributed by atoms with Crippen LogP contribution in [0.4, 0.5) is 5.69 Å². The fourth-order valence-corrected chi connectivity index (χ4v) is 2.03. The van der Waals surface area contributed by atoms with Gasteiger partial charge in [0.25, 0.3) is 5.84 Å². The second kappa shape index (κ2) is 3.69. The van der Waals surface area contributed by atoms with Crippen LogP contribution in [0.3, 0.4) is 0 Å². The van der Waals surface area contributed by atoms with Crippen LogP contribution in [0.1, 0.15) is 20.8 Å². The van der Waals surface area contributed by atoms with Crippen LogP contribution in [0, 0.1) is 5.41 Å². The maximum Gasteiger partial charge on any atom is 0.255 e. The third-order valence-electron chi connectivity index (χ3n) is 2.68. The third kappa shape index (κ3) is 2.04. The van der Waals surface area contributed by atoms with Gasteiger partial charge in [0.05, 0.1) is 5.41 Å². The molecule has 1 aliphatic rings. The number of hydrogen-bond donors (Lipinski definition) is 1. The van der Waals surface area contributed by atoms with Gasteiger partial charge in [-0.25, -0.2) is 4.58 Å². The molecule has 0 amide bonds. The first-order valence-corrected chi connectivity index (χ1v) is 5.53. The van der Waals surface area contributed by atoms with Crippen molar-refractivity contribution >= 4 is 11.5 Å². The molecule has 0 bridgehead atoms. The van der Waals surface area contributed by atoms with Crippen molar-refractivity contribution in [2.75, 3.05) is 13.1 Å². The SMILES string of the molecule is CC(C)(C)C1=[N+](c2ccccc2)CCN1. The van der Waals surface area contributed by atoms with Crippen LogP contribution in [0.5, 0.6) is 0 Å². The van der Waals surface area contributed by atoms with E-state index in [0.29, 0.717) is 0 Å². The summed E-state index contributed by atoms with van der Waals surface area (Å²) in [4.78, 5) is 0. The van der Waals surface area contributed by atoms with Crippen LogP contribution in [0.15, 0.2) is 30.3 Å². The van der Waals surface area contributed by atoms with Crippen molar-refractivity contribution < 1.29 is 4.58 Å². The summed E-state index contributed by atoms with van der Waals surface area (Å²) in [6, 6.07) is 10.6. The van der Waals surface area contributed by atoms with Gasteiger partial charge >= 0.3 is 0 Å². The topological polar surface area (TPSA) is 15.0 Å². The van der Waals surface area contributed by atoms with E-state index in [-0.39, 0.29) is 5.41 Å². The fraction of sp³-hybridized carbons (Fsp3) is 0.462. The Morgan fingerprint density at radius 1 is 1.13 bits per heavy atom. The highest BCUT2D eigenvalue weighted by atomic mass is 15.2. The molecular formula is C13H19N2+. The predicted octanol–water partition coefficient (Wildman–Crippen LogP) is 2.38. The van der Waals surface area contributed by atoms with Crippen LogP contribution >= 0.6 is 0 Å². The third-order valence-corrected chi connectivity index (χ3v) is 2.68. The standard InChI is InChI=1S/C13H18N2/c1-13(2,3)12-14-9-10-15(12)11-7-5-4-6-8-11/h4-8H,9-10H2,1-3H3/p+1. The van der Waals surface area contributed by atoms with E-state index in [1.54, 1.807) is 0 Å². The molecule has 1 heterocycles. The van der Waals surface area contributed by atoms with E-state index in [9.17, 15) is 0 Å². The van der Waals surface area contributed by atoms with E-state index in [1.807, 2.05) is 0 Å². The highest BCUT2D eigenvalue weighted by Crippen LogP contribution is 2.21. The zero-order chi connectivity index (χ0) is 10.9. The first-order chi connectivity index (χ1) is 7.09. The van der Waals surface area contributed by atoms with Crippen molar-refractivity contribution in [2.45, 2.75) is 20.8 Å². The number of para-hydroxylation sites is 1. The van der Waals surface area contributed by atoms with E-state index in [4.69, 9.17) is 0 Å². The molecule has 0 aromatic heterocycles. The molecule has 0 saturated carbocycles. The van der Waals surface area contributed by atoms with Crippen molar-refractivity contribution in [1.82, 2.24) is 5.32 Å². The van der Waals surface area contributed by atoms with Crippen LogP contribution < -0.4 is 5.32 Å². The molecule has 0 fully saturated rings. The minimum absolute atomic E-state index is 0.187. The molecule has 1 N–H and O–H groups in total. The molecule has 15 heavy (non-hydrogen) atoms. The molecule has 1 aliphatic heterocycles. The smallest absolute Gasteiger partial charge is 0.255 e. The van der Waals surface area contributed by atoms with Gasteiger partial charge < -0.3 is 0 Å². The summed E-state index contributed by atoms with van der Waals surface area (Å²) in [6.45, 7) is 8.85. The number of benzene rings is 1. The van der Waals surface area contributed by atoms with Gasteiger partial charge in [-0.15, -0.1) is 0 Å². The molecule has 1 aromatic rings. The van der Waals surface area contributed by atoms with Crippen LogP contribution in [-0.2, 0) is 0 Å². The van der Waals surface area contributed by atoms with Crippen molar-refractivity contribution in [3.05, 3.63) is 30.3 Å². The van der Waals surface area contributed by atoms with Crippen LogP contribution in [-0.4, -0.2) is 23.5 Å². The molecule has 80 valence electrons. The van der Waals surface area contributed by atoms with Gasteiger partial charge in [-0.1, -0.05) is 18.2 Å². The molecule has 2 nitrogen and oxygen atoms in total. The molecule has 2 heteroatoms. The molecule has 0 aliphatic carbocycles. The normalized spacial score (nSPS) is 16.7. The van der Waals surface area contributed by atoms with Gasteiger partial charge in [0.1, 0.15) is 18.8 Å². The van der Waals surface area contributed by atoms with Crippen LogP contribution in [0.2, 0.25) is 0 Å². The first kappa shape index (κ1) is 10.2. The van der Waals surface area contributed by atoms with Gasteiger partial charge in [0.2, 0.25) is 0 Å². The molecule has 0 spiro atoms. The highest BCUT2D eigenvalue weighted by Gasteiger charge is 2.32. The number of rotatable bonds is 1. The van der Waals surface area contributed by atoms with Crippen molar-refractivity contribution in [1.29, 1.82) is 0 Å². The Balaban J connectivity index is 2.43. The number of nitrogens with zero attached hydrogens (tertiary/aromatic N) is 1. The molecule has 2 rings (SSSR count). The Bertz CT molecular complexity index is 371. The van der Waals surface area contributed by atoms with Crippen LogP contribution in [0.25, 0.3) is 0 Å². The Kier molecular flexibility index (Phi) is 2.51. The fourth-order valence-electron chi connectivity index (χ4n) is 2.03. The number of nitrogens with one attached hydrogen (secondary N) is 1. The second-order valence-corrected chi connectivity index (χ2v) is 5.01. The van der Waals surface area contributed by atoms with E-state index in [2.05, 4.69) is 61.0 Å². The lowest BCUT2D eigenvalue weighted by atomic mass is 9.95. The zero-order valence-corrected chi connectivity index (χ0v) is 9.75. The first-order valence-electron chi connectivity index (χ1n) is 5.53. The van der Waals surface area contributed by atoms with Crippen molar-refractivity contribution in [3.8, 4) is 0 Å². The summed E-state index contributed by atoms with van der Waals surface area (Å²) >= 11 is 0. The van der Waals surface area contributed by atoms with E-state index >= 15 is 0 Å². The summed E-state index contributed by atoms with van der Waals surface area (Å²) in [6.07, 6.45) is 0. The highest BCUT2D eigenvalue weighted by molar-refractivity contribution is 5.84.